The Bertz CT molecular complexity index is 614. The number of nitrogens with one attached hydrogen (secondary N) is 2. The molecular weight excluding hydrogens is 322 g/mol. The molecule has 0 fully saturated rings. The van der Waals surface area contributed by atoms with Gasteiger partial charge in [-0.3, -0.25) is 10.6 Å². The van der Waals surface area contributed by atoms with Gasteiger partial charge in [-0.05, 0) is 36.4 Å². The van der Waals surface area contributed by atoms with Crippen LogP contribution < -0.4 is 21.3 Å². The molecule has 0 radical (unpaired) electrons. The van der Waals surface area contributed by atoms with E-state index < -0.39 is 0 Å². The fourth-order valence-corrected chi connectivity index (χ4v) is 2.15. The number of halogens is 1. The van der Waals surface area contributed by atoms with Crippen LogP contribution in [0.4, 0.5) is 11.4 Å². The van der Waals surface area contributed by atoms with Crippen LogP contribution >= 0.6 is 15.9 Å². The summed E-state index contributed by atoms with van der Waals surface area (Å²) in [5.41, 5.74) is 4.45. The molecule has 6 heteroatoms. The zero-order valence-electron chi connectivity index (χ0n) is 10.8. The number of methoxy groups -OCH3 is 1. The number of hydrogen-bond donors (Lipinski definition) is 3. The van der Waals surface area contributed by atoms with Crippen LogP contribution in [-0.4, -0.2) is 13.0 Å². The van der Waals surface area contributed by atoms with Gasteiger partial charge in [0.2, 0.25) is 0 Å². The zero-order valence-corrected chi connectivity index (χ0v) is 12.4. The second-order valence-corrected chi connectivity index (χ2v) is 4.97. The molecule has 0 aliphatic heterocycles. The number of rotatable bonds is 4. The average molecular weight is 336 g/mol. The third-order valence-electron chi connectivity index (χ3n) is 2.68. The summed E-state index contributed by atoms with van der Waals surface area (Å²) in [5.74, 6) is 5.74. The number of hydrogen-bond acceptors (Lipinski definition) is 4. The molecule has 5 nitrogen and oxygen atoms in total. The van der Waals surface area contributed by atoms with E-state index in [-0.39, 0.29) is 5.91 Å². The zero-order chi connectivity index (χ0) is 14.5. The average Bonchev–Trinajstić information content (AvgIpc) is 2.46. The third kappa shape index (κ3) is 3.49. The maximum atomic E-state index is 12.1. The van der Waals surface area contributed by atoms with E-state index in [9.17, 15) is 4.79 Å². The van der Waals surface area contributed by atoms with Gasteiger partial charge in [-0.15, -0.1) is 0 Å². The fraction of sp³-hybridized carbons (Fsp3) is 0.0714. The number of carbonyl (C=O) groups excluding carboxylic acids is 1. The van der Waals surface area contributed by atoms with Crippen LogP contribution in [0.1, 0.15) is 10.4 Å². The van der Waals surface area contributed by atoms with Crippen molar-refractivity contribution < 1.29 is 9.53 Å². The molecule has 20 heavy (non-hydrogen) atoms. The Morgan fingerprint density at radius 3 is 2.45 bits per heavy atom. The summed E-state index contributed by atoms with van der Waals surface area (Å²) < 4.78 is 5.98. The molecule has 0 saturated carbocycles. The SMILES string of the molecule is COc1cc(Br)cc(NC(=O)c2ccc(NN)cc2)c1. The van der Waals surface area contributed by atoms with Crippen molar-refractivity contribution in [1.82, 2.24) is 0 Å². The predicted molar refractivity (Wildman–Crippen MR) is 82.9 cm³/mol. The summed E-state index contributed by atoms with van der Waals surface area (Å²) in [6.45, 7) is 0. The van der Waals surface area contributed by atoms with Crippen molar-refractivity contribution in [3.05, 3.63) is 52.5 Å². The summed E-state index contributed by atoms with van der Waals surface area (Å²) in [6.07, 6.45) is 0. The van der Waals surface area contributed by atoms with E-state index in [1.54, 1.807) is 43.5 Å². The van der Waals surface area contributed by atoms with Gasteiger partial charge in [0.05, 0.1) is 7.11 Å². The minimum atomic E-state index is -0.200. The lowest BCUT2D eigenvalue weighted by Gasteiger charge is -2.08. The monoisotopic (exact) mass is 335 g/mol. The molecule has 104 valence electrons. The topological polar surface area (TPSA) is 76.4 Å². The molecule has 2 aromatic rings. The molecule has 0 atom stereocenters. The predicted octanol–water partition coefficient (Wildman–Crippen LogP) is 3.00. The molecule has 0 spiro atoms. The van der Waals surface area contributed by atoms with Crippen molar-refractivity contribution in [2.45, 2.75) is 0 Å². The van der Waals surface area contributed by atoms with Crippen molar-refractivity contribution in [1.29, 1.82) is 0 Å². The van der Waals surface area contributed by atoms with E-state index in [4.69, 9.17) is 10.6 Å². The molecular formula is C14H14BrN3O2. The molecule has 1 amide bonds. The molecule has 4 N–H and O–H groups in total. The van der Waals surface area contributed by atoms with E-state index in [0.29, 0.717) is 17.0 Å². The van der Waals surface area contributed by atoms with Crippen molar-refractivity contribution >= 4 is 33.2 Å². The number of benzene rings is 2. The number of nitrogen functional groups attached to an aromatic ring is 1. The quantitative estimate of drug-likeness (QED) is 0.593. The molecule has 0 bridgehead atoms. The van der Waals surface area contributed by atoms with Crippen LogP contribution in [0.5, 0.6) is 5.75 Å². The molecule has 0 saturated heterocycles. The minimum absolute atomic E-state index is 0.200. The number of amides is 1. The Kier molecular flexibility index (Phi) is 4.60. The van der Waals surface area contributed by atoms with Crippen LogP contribution in [0.2, 0.25) is 0 Å². The number of hydrazine groups is 1. The highest BCUT2D eigenvalue weighted by molar-refractivity contribution is 9.10. The largest absolute Gasteiger partial charge is 0.497 e. The molecule has 0 aromatic heterocycles. The highest BCUT2D eigenvalue weighted by Crippen LogP contribution is 2.25. The second-order valence-electron chi connectivity index (χ2n) is 4.06. The summed E-state index contributed by atoms with van der Waals surface area (Å²) in [6, 6.07) is 12.2. The summed E-state index contributed by atoms with van der Waals surface area (Å²) in [7, 11) is 1.58. The first-order valence-corrected chi connectivity index (χ1v) is 6.64. The molecule has 2 aromatic carbocycles. The van der Waals surface area contributed by atoms with Gasteiger partial charge in [0.1, 0.15) is 5.75 Å². The van der Waals surface area contributed by atoms with Gasteiger partial charge in [-0.1, -0.05) is 15.9 Å². The number of ether oxygens (including phenoxy) is 1. The van der Waals surface area contributed by atoms with Crippen LogP contribution in [-0.2, 0) is 0 Å². The lowest BCUT2D eigenvalue weighted by molar-refractivity contribution is 0.102. The molecule has 0 aliphatic carbocycles. The van der Waals surface area contributed by atoms with Gasteiger partial charge >= 0.3 is 0 Å². The Morgan fingerprint density at radius 2 is 1.85 bits per heavy atom. The van der Waals surface area contributed by atoms with Gasteiger partial charge in [0.15, 0.2) is 0 Å². The van der Waals surface area contributed by atoms with Crippen LogP contribution in [0.15, 0.2) is 46.9 Å². The Morgan fingerprint density at radius 1 is 1.15 bits per heavy atom. The standard InChI is InChI=1S/C14H14BrN3O2/c1-20-13-7-10(15)6-12(8-13)17-14(19)9-2-4-11(18-16)5-3-9/h2-8,18H,16H2,1H3,(H,17,19). The van der Waals surface area contributed by atoms with Crippen molar-refractivity contribution in [3.63, 3.8) is 0 Å². The van der Waals surface area contributed by atoms with E-state index >= 15 is 0 Å². The van der Waals surface area contributed by atoms with Crippen LogP contribution in [0, 0.1) is 0 Å². The van der Waals surface area contributed by atoms with Crippen LogP contribution in [0.25, 0.3) is 0 Å². The number of nitrogens with two attached hydrogens (primary N) is 1. The maximum Gasteiger partial charge on any atom is 0.255 e. The summed E-state index contributed by atoms with van der Waals surface area (Å²) in [5, 5.41) is 2.81. The van der Waals surface area contributed by atoms with Gasteiger partial charge in [-0.25, -0.2) is 0 Å². The first-order valence-electron chi connectivity index (χ1n) is 5.85. The Labute approximate surface area is 125 Å². The first-order chi connectivity index (χ1) is 9.62. The highest BCUT2D eigenvalue weighted by Gasteiger charge is 2.07. The number of carbonyl (C=O) groups is 1. The normalized spacial score (nSPS) is 9.95. The summed E-state index contributed by atoms with van der Waals surface area (Å²) >= 11 is 3.37. The van der Waals surface area contributed by atoms with E-state index in [2.05, 4.69) is 26.7 Å². The minimum Gasteiger partial charge on any atom is -0.497 e. The molecule has 0 aliphatic rings. The summed E-state index contributed by atoms with van der Waals surface area (Å²) in [4.78, 5) is 12.1. The number of anilines is 2. The molecule has 0 unspecified atom stereocenters. The van der Waals surface area contributed by atoms with Gasteiger partial charge in [0.25, 0.3) is 5.91 Å². The van der Waals surface area contributed by atoms with Crippen molar-refractivity contribution in [2.75, 3.05) is 17.9 Å². The lowest BCUT2D eigenvalue weighted by atomic mass is 10.2. The van der Waals surface area contributed by atoms with Crippen molar-refractivity contribution in [3.8, 4) is 5.75 Å². The first kappa shape index (κ1) is 14.4. The van der Waals surface area contributed by atoms with Gasteiger partial charge in [-0.2, -0.15) is 0 Å². The van der Waals surface area contributed by atoms with Gasteiger partial charge < -0.3 is 15.5 Å². The van der Waals surface area contributed by atoms with E-state index in [1.165, 1.54) is 0 Å². The van der Waals surface area contributed by atoms with Crippen LogP contribution in [0.3, 0.4) is 0 Å². The highest BCUT2D eigenvalue weighted by atomic mass is 79.9. The fourth-order valence-electron chi connectivity index (χ4n) is 1.67. The Hall–Kier alpha value is -2.05. The second kappa shape index (κ2) is 6.40. The molecule has 2 rings (SSSR count). The van der Waals surface area contributed by atoms with E-state index in [0.717, 1.165) is 10.2 Å². The van der Waals surface area contributed by atoms with E-state index in [1.807, 2.05) is 6.07 Å². The maximum absolute atomic E-state index is 12.1. The third-order valence-corrected chi connectivity index (χ3v) is 3.14. The van der Waals surface area contributed by atoms with Gasteiger partial charge in [0, 0.05) is 27.5 Å². The smallest absolute Gasteiger partial charge is 0.255 e. The molecule has 0 heterocycles. The Balaban J connectivity index is 2.16. The lowest BCUT2D eigenvalue weighted by Crippen LogP contribution is -2.12. The van der Waals surface area contributed by atoms with Crippen molar-refractivity contribution in [2.24, 2.45) is 5.84 Å².